The molecule has 1 aliphatic carbocycles. The van der Waals surface area contributed by atoms with E-state index in [1.54, 1.807) is 0 Å². The molecule has 0 radical (unpaired) electrons. The molecule has 53 heavy (non-hydrogen) atoms. The van der Waals surface area contributed by atoms with Gasteiger partial charge in [0.05, 0.1) is 16.5 Å². The minimum atomic E-state index is -0.582. The van der Waals surface area contributed by atoms with Gasteiger partial charge in [0.1, 0.15) is 11.2 Å². The first-order valence-electron chi connectivity index (χ1n) is 18.5. The van der Waals surface area contributed by atoms with Crippen LogP contribution >= 0.6 is 0 Å². The predicted molar refractivity (Wildman–Crippen MR) is 222 cm³/mol. The lowest BCUT2D eigenvalue weighted by atomic mass is 9.67. The van der Waals surface area contributed by atoms with Gasteiger partial charge in [-0.1, -0.05) is 166 Å². The van der Waals surface area contributed by atoms with Crippen LogP contribution in [0.4, 0.5) is 17.1 Å². The summed E-state index contributed by atoms with van der Waals surface area (Å²) in [6, 6.07) is 66.5. The van der Waals surface area contributed by atoms with Crippen molar-refractivity contribution in [1.29, 1.82) is 0 Å². The first kappa shape index (κ1) is 31.4. The summed E-state index contributed by atoms with van der Waals surface area (Å²) >= 11 is 0. The molecule has 0 amide bonds. The number of rotatable bonds is 5. The lowest BCUT2D eigenvalue weighted by Gasteiger charge is -2.35. The Labute approximate surface area is 310 Å². The Bertz CT molecular complexity index is 2770. The Morgan fingerprint density at radius 2 is 1.11 bits per heavy atom. The minimum absolute atomic E-state index is 0.0324. The molecule has 254 valence electrons. The van der Waals surface area contributed by atoms with Crippen molar-refractivity contribution in [3.8, 4) is 11.1 Å². The van der Waals surface area contributed by atoms with E-state index in [2.05, 4.69) is 208 Å². The van der Waals surface area contributed by atoms with Gasteiger partial charge in [-0.15, -0.1) is 0 Å². The summed E-state index contributed by atoms with van der Waals surface area (Å²) in [5.41, 5.74) is 13.1. The summed E-state index contributed by atoms with van der Waals surface area (Å²) in [5, 5.41) is 4.63. The van der Waals surface area contributed by atoms with Crippen molar-refractivity contribution < 1.29 is 4.42 Å². The van der Waals surface area contributed by atoms with Crippen molar-refractivity contribution in [2.75, 3.05) is 4.90 Å². The first-order valence-corrected chi connectivity index (χ1v) is 18.5. The number of hydrogen-bond acceptors (Lipinski definition) is 2. The molecular weight excluding hydrogens is 643 g/mol. The molecule has 10 rings (SSSR count). The molecule has 2 nitrogen and oxygen atoms in total. The third kappa shape index (κ3) is 4.72. The normalized spacial score (nSPS) is 13.3. The second-order valence-electron chi connectivity index (χ2n) is 15.3. The highest BCUT2D eigenvalue weighted by Crippen LogP contribution is 2.60. The van der Waals surface area contributed by atoms with E-state index in [-0.39, 0.29) is 5.41 Å². The summed E-state index contributed by atoms with van der Waals surface area (Å²) in [4.78, 5) is 2.45. The highest BCUT2D eigenvalue weighted by molar-refractivity contribution is 6.19. The Balaban J connectivity index is 1.38. The molecule has 1 heterocycles. The van der Waals surface area contributed by atoms with E-state index in [0.29, 0.717) is 0 Å². The summed E-state index contributed by atoms with van der Waals surface area (Å²) in [6.07, 6.45) is 0. The van der Waals surface area contributed by atoms with Crippen molar-refractivity contribution in [3.05, 3.63) is 210 Å². The van der Waals surface area contributed by atoms with Gasteiger partial charge >= 0.3 is 0 Å². The maximum Gasteiger partial charge on any atom is 0.145 e. The Morgan fingerprint density at radius 1 is 0.509 bits per heavy atom. The van der Waals surface area contributed by atoms with E-state index < -0.39 is 5.41 Å². The molecule has 0 aliphatic heterocycles. The van der Waals surface area contributed by atoms with Gasteiger partial charge in [-0.2, -0.15) is 0 Å². The van der Waals surface area contributed by atoms with Gasteiger partial charge in [0, 0.05) is 22.3 Å². The maximum absolute atomic E-state index is 7.09. The van der Waals surface area contributed by atoms with Crippen molar-refractivity contribution >= 4 is 49.8 Å². The molecule has 1 aromatic heterocycles. The van der Waals surface area contributed by atoms with Crippen molar-refractivity contribution in [1.82, 2.24) is 0 Å². The zero-order valence-electron chi connectivity index (χ0n) is 30.2. The van der Waals surface area contributed by atoms with Gasteiger partial charge in [0.15, 0.2) is 0 Å². The van der Waals surface area contributed by atoms with Crippen LogP contribution < -0.4 is 4.90 Å². The lowest BCUT2D eigenvalue weighted by molar-refractivity contribution is 0.590. The molecule has 0 saturated heterocycles. The van der Waals surface area contributed by atoms with Gasteiger partial charge in [-0.05, 0) is 86.0 Å². The molecule has 0 N–H and O–H groups in total. The van der Waals surface area contributed by atoms with Gasteiger partial charge in [-0.3, -0.25) is 0 Å². The number of anilines is 3. The highest BCUT2D eigenvalue weighted by Gasteiger charge is 2.48. The molecule has 0 saturated carbocycles. The number of nitrogens with zero attached hydrogens (tertiary/aromatic N) is 1. The summed E-state index contributed by atoms with van der Waals surface area (Å²) in [6.45, 7) is 6.82. The topological polar surface area (TPSA) is 16.4 Å². The number of furan rings is 1. The molecule has 2 heteroatoms. The molecule has 0 spiro atoms. The van der Waals surface area contributed by atoms with E-state index >= 15 is 0 Å². The van der Waals surface area contributed by atoms with Crippen molar-refractivity contribution in [2.24, 2.45) is 0 Å². The smallest absolute Gasteiger partial charge is 0.145 e. The monoisotopic (exact) mass is 681 g/mol. The predicted octanol–water partition coefficient (Wildman–Crippen LogP) is 13.9. The molecule has 0 atom stereocenters. The fraction of sp³-hybridized carbons (Fsp3) is 0.0980. The van der Waals surface area contributed by atoms with Crippen LogP contribution in [0.15, 0.2) is 186 Å². The van der Waals surface area contributed by atoms with Crippen molar-refractivity contribution in [3.63, 3.8) is 0 Å². The second kappa shape index (κ2) is 11.8. The van der Waals surface area contributed by atoms with Crippen LogP contribution in [-0.4, -0.2) is 0 Å². The Hall–Kier alpha value is -6.38. The standard InChI is InChI=1S/C51H39NO/c1-50(2,3)36-27-30-39(31-28-36)52(40-29-26-34-16-10-11-17-35(34)32-40)45-33-44-47(49-48(45)42-23-13-15-25-46(42)53-49)41-22-12-14-24-43(41)51(44,37-18-6-4-7-19-37)38-20-8-5-9-21-38/h4-33H,1-3H3. The number of fused-ring (bicyclic) bond motifs is 8. The third-order valence-electron chi connectivity index (χ3n) is 11.3. The molecule has 8 aromatic carbocycles. The zero-order valence-corrected chi connectivity index (χ0v) is 30.2. The SMILES string of the molecule is CC(C)(C)c1ccc(N(c2ccc3ccccc3c2)c2cc3c(c4oc5ccccc5c24)-c2ccccc2C3(c2ccccc2)c2ccccc2)cc1. The van der Waals surface area contributed by atoms with Crippen molar-refractivity contribution in [2.45, 2.75) is 31.6 Å². The maximum atomic E-state index is 7.09. The number of hydrogen-bond donors (Lipinski definition) is 0. The quantitative estimate of drug-likeness (QED) is 0.180. The summed E-state index contributed by atoms with van der Waals surface area (Å²) in [7, 11) is 0. The Kier molecular flexibility index (Phi) is 7.00. The van der Waals surface area contributed by atoms with Crippen LogP contribution in [0.25, 0.3) is 43.8 Å². The van der Waals surface area contributed by atoms with E-state index in [1.165, 1.54) is 44.2 Å². The van der Waals surface area contributed by atoms with E-state index in [1.807, 2.05) is 0 Å². The fourth-order valence-electron chi connectivity index (χ4n) is 8.81. The highest BCUT2D eigenvalue weighted by atomic mass is 16.3. The summed E-state index contributed by atoms with van der Waals surface area (Å²) < 4.78 is 7.09. The molecule has 1 aliphatic rings. The van der Waals surface area contributed by atoms with E-state index in [4.69, 9.17) is 4.42 Å². The molecule has 9 aromatic rings. The van der Waals surface area contributed by atoms with E-state index in [0.717, 1.165) is 44.6 Å². The van der Waals surface area contributed by atoms with Crippen LogP contribution in [0.1, 0.15) is 48.6 Å². The van der Waals surface area contributed by atoms with E-state index in [9.17, 15) is 0 Å². The number of para-hydroxylation sites is 1. The molecule has 0 bridgehead atoms. The van der Waals surface area contributed by atoms with Crippen LogP contribution in [0.2, 0.25) is 0 Å². The first-order chi connectivity index (χ1) is 25.9. The average Bonchev–Trinajstić information content (AvgIpc) is 3.73. The lowest BCUT2D eigenvalue weighted by Crippen LogP contribution is -2.28. The van der Waals surface area contributed by atoms with Crippen LogP contribution in [-0.2, 0) is 10.8 Å². The van der Waals surface area contributed by atoms with Crippen LogP contribution in [0.3, 0.4) is 0 Å². The molecule has 0 fully saturated rings. The summed E-state index contributed by atoms with van der Waals surface area (Å²) in [5.74, 6) is 0. The second-order valence-corrected chi connectivity index (χ2v) is 15.3. The molecular formula is C51H39NO. The minimum Gasteiger partial charge on any atom is -0.455 e. The van der Waals surface area contributed by atoms with Gasteiger partial charge < -0.3 is 9.32 Å². The number of benzene rings is 8. The van der Waals surface area contributed by atoms with Gasteiger partial charge in [0.2, 0.25) is 0 Å². The van der Waals surface area contributed by atoms with Crippen LogP contribution in [0.5, 0.6) is 0 Å². The fourth-order valence-corrected chi connectivity index (χ4v) is 8.81. The van der Waals surface area contributed by atoms with Gasteiger partial charge in [0.25, 0.3) is 0 Å². The Morgan fingerprint density at radius 3 is 1.83 bits per heavy atom. The average molecular weight is 682 g/mol. The zero-order chi connectivity index (χ0) is 35.7. The van der Waals surface area contributed by atoms with Crippen LogP contribution in [0, 0.1) is 0 Å². The van der Waals surface area contributed by atoms with Gasteiger partial charge in [-0.25, -0.2) is 0 Å². The molecule has 0 unspecified atom stereocenters. The largest absolute Gasteiger partial charge is 0.455 e. The third-order valence-corrected chi connectivity index (χ3v) is 11.3.